The standard InChI is InChI=1S/C38H44BrN7O3/c1-23-13-14-32(39)42-36(23)43-37(49)30-18-38-15-11-9-7-5-4-6-8-10-12-26-16-27(28-20-40-25(3)41-21-28)17-29-34(24(2)47)44-45(35(26)29)22-33(48)46(30)31(38)19-38/h13-14,16-17,20-21,30-31H,4-12,15,18-19,22H2,1-3H3,(H,42,43,49)/t30-,31+,38-/m0/s1. The maximum Gasteiger partial charge on any atom is 0.248 e. The lowest BCUT2D eigenvalue weighted by Gasteiger charge is -2.27. The molecule has 5 heterocycles. The van der Waals surface area contributed by atoms with Gasteiger partial charge in [0.2, 0.25) is 11.8 Å². The van der Waals surface area contributed by atoms with Gasteiger partial charge in [-0.3, -0.25) is 19.1 Å². The number of rotatable bonds is 4. The first-order valence-electron chi connectivity index (χ1n) is 17.7. The highest BCUT2D eigenvalue weighted by Crippen LogP contribution is 2.62. The van der Waals surface area contributed by atoms with Crippen molar-refractivity contribution in [3.8, 4) is 11.1 Å². The molecule has 256 valence electrons. The van der Waals surface area contributed by atoms with Crippen LogP contribution in [0.2, 0.25) is 0 Å². The number of Topliss-reactive ketones (excluding diaryl/α,β-unsaturated/α-hetero) is 1. The van der Waals surface area contributed by atoms with Crippen LogP contribution >= 0.6 is 15.9 Å². The highest BCUT2D eigenvalue weighted by atomic mass is 79.9. The van der Waals surface area contributed by atoms with Crippen molar-refractivity contribution in [1.29, 1.82) is 0 Å². The minimum Gasteiger partial charge on any atom is -0.325 e. The predicted octanol–water partition coefficient (Wildman–Crippen LogP) is 7.54. The van der Waals surface area contributed by atoms with Crippen LogP contribution in [0.15, 0.2) is 41.3 Å². The van der Waals surface area contributed by atoms with Crippen molar-refractivity contribution in [3.63, 3.8) is 0 Å². The third kappa shape index (κ3) is 6.78. The van der Waals surface area contributed by atoms with E-state index < -0.39 is 6.04 Å². The molecule has 0 unspecified atom stereocenters. The van der Waals surface area contributed by atoms with Crippen molar-refractivity contribution in [2.24, 2.45) is 5.41 Å². The second kappa shape index (κ2) is 13.7. The first-order valence-corrected chi connectivity index (χ1v) is 18.5. The molecule has 2 fully saturated rings. The monoisotopic (exact) mass is 725 g/mol. The summed E-state index contributed by atoms with van der Waals surface area (Å²) >= 11 is 3.42. The van der Waals surface area contributed by atoms with Crippen LogP contribution in [-0.2, 0) is 22.6 Å². The van der Waals surface area contributed by atoms with E-state index in [4.69, 9.17) is 5.10 Å². The Morgan fingerprint density at radius 1 is 0.939 bits per heavy atom. The lowest BCUT2D eigenvalue weighted by Crippen LogP contribution is -2.47. The molecule has 10 nitrogen and oxygen atoms in total. The van der Waals surface area contributed by atoms with Crippen molar-refractivity contribution in [2.75, 3.05) is 5.32 Å². The first kappa shape index (κ1) is 33.5. The Labute approximate surface area is 295 Å². The molecule has 3 aromatic heterocycles. The van der Waals surface area contributed by atoms with Crippen molar-refractivity contribution in [3.05, 3.63) is 63.9 Å². The van der Waals surface area contributed by atoms with E-state index >= 15 is 0 Å². The second-order valence-electron chi connectivity index (χ2n) is 14.3. The van der Waals surface area contributed by atoms with Crippen LogP contribution < -0.4 is 5.32 Å². The number of halogens is 1. The molecule has 1 N–H and O–H groups in total. The Morgan fingerprint density at radius 3 is 2.39 bits per heavy atom. The van der Waals surface area contributed by atoms with Crippen molar-refractivity contribution < 1.29 is 14.4 Å². The summed E-state index contributed by atoms with van der Waals surface area (Å²) in [5, 5.41) is 8.57. The van der Waals surface area contributed by atoms with E-state index in [1.807, 2.05) is 49.3 Å². The Kier molecular flexibility index (Phi) is 9.39. The number of aryl methyl sites for hydroxylation is 3. The largest absolute Gasteiger partial charge is 0.325 e. The van der Waals surface area contributed by atoms with Gasteiger partial charge < -0.3 is 10.2 Å². The first-order chi connectivity index (χ1) is 23.6. The number of amides is 2. The van der Waals surface area contributed by atoms with Crippen molar-refractivity contribution in [2.45, 2.75) is 116 Å². The van der Waals surface area contributed by atoms with Crippen molar-refractivity contribution in [1.82, 2.24) is 29.6 Å². The summed E-state index contributed by atoms with van der Waals surface area (Å²) in [6.45, 7) is 5.24. The molecule has 1 aromatic carbocycles. The van der Waals surface area contributed by atoms with Gasteiger partial charge in [0.25, 0.3) is 0 Å². The van der Waals surface area contributed by atoms with E-state index in [1.165, 1.54) is 39.0 Å². The fraction of sp³-hybridized carbons (Fsp3) is 0.500. The van der Waals surface area contributed by atoms with Gasteiger partial charge in [0.05, 0.1) is 5.52 Å². The number of aromatic nitrogens is 5. The number of pyridine rings is 1. The molecular formula is C38H44BrN7O3. The van der Waals surface area contributed by atoms with Gasteiger partial charge in [0, 0.05) is 36.3 Å². The topological polar surface area (TPSA) is 123 Å². The molecule has 2 bridgehead atoms. The van der Waals surface area contributed by atoms with Gasteiger partial charge in [0.15, 0.2) is 5.78 Å². The number of carbonyl (C=O) groups excluding carboxylic acids is 3. The van der Waals surface area contributed by atoms with E-state index in [9.17, 15) is 14.4 Å². The van der Waals surface area contributed by atoms with E-state index in [0.29, 0.717) is 28.4 Å². The summed E-state index contributed by atoms with van der Waals surface area (Å²) in [6, 6.07) is 7.30. The molecule has 0 spiro atoms. The average molecular weight is 727 g/mol. The van der Waals surface area contributed by atoms with Gasteiger partial charge in [0.1, 0.15) is 34.5 Å². The minimum atomic E-state index is -0.602. The number of hydrogen-bond donors (Lipinski definition) is 1. The zero-order valence-electron chi connectivity index (χ0n) is 28.6. The third-order valence-electron chi connectivity index (χ3n) is 10.8. The number of anilines is 1. The fourth-order valence-electron chi connectivity index (χ4n) is 8.15. The maximum atomic E-state index is 14.5. The Hall–Kier alpha value is -3.99. The number of ketones is 1. The maximum absolute atomic E-state index is 14.5. The van der Waals surface area contributed by atoms with Gasteiger partial charge in [-0.2, -0.15) is 5.10 Å². The van der Waals surface area contributed by atoms with Crippen LogP contribution in [0.3, 0.4) is 0 Å². The Balaban J connectivity index is 1.27. The number of nitrogens with one attached hydrogen (secondary N) is 1. The number of hydrogen-bond acceptors (Lipinski definition) is 7. The van der Waals surface area contributed by atoms with Gasteiger partial charge in [-0.05, 0) is 102 Å². The number of piperidine rings is 1. The zero-order chi connectivity index (χ0) is 34.3. The van der Waals surface area contributed by atoms with Crippen LogP contribution in [0, 0.1) is 19.3 Å². The molecule has 0 radical (unpaired) electrons. The van der Waals surface area contributed by atoms with Gasteiger partial charge in [-0.15, -0.1) is 0 Å². The molecule has 3 aliphatic rings. The van der Waals surface area contributed by atoms with Crippen LogP contribution in [0.5, 0.6) is 0 Å². The minimum absolute atomic E-state index is 0.0212. The van der Waals surface area contributed by atoms with Gasteiger partial charge >= 0.3 is 0 Å². The molecule has 1 saturated carbocycles. The summed E-state index contributed by atoms with van der Waals surface area (Å²) in [5.74, 6) is 0.674. The molecule has 4 aromatic rings. The Morgan fingerprint density at radius 2 is 1.65 bits per heavy atom. The predicted molar refractivity (Wildman–Crippen MR) is 192 cm³/mol. The molecule has 2 aliphatic heterocycles. The third-order valence-corrected chi connectivity index (χ3v) is 11.3. The summed E-state index contributed by atoms with van der Waals surface area (Å²) in [4.78, 5) is 56.7. The van der Waals surface area contributed by atoms with E-state index in [2.05, 4.69) is 42.3 Å². The molecule has 7 rings (SSSR count). The van der Waals surface area contributed by atoms with E-state index in [-0.39, 0.29) is 35.6 Å². The van der Waals surface area contributed by atoms with Gasteiger partial charge in [-0.1, -0.05) is 51.0 Å². The summed E-state index contributed by atoms with van der Waals surface area (Å²) in [7, 11) is 0. The number of nitrogens with zero attached hydrogens (tertiary/aromatic N) is 6. The normalized spacial score (nSPS) is 23.1. The number of carbonyl (C=O) groups is 3. The second-order valence-corrected chi connectivity index (χ2v) is 15.1. The average Bonchev–Trinajstić information content (AvgIpc) is 3.48. The molecular weight excluding hydrogens is 682 g/mol. The highest BCUT2D eigenvalue weighted by molar-refractivity contribution is 9.10. The molecule has 49 heavy (non-hydrogen) atoms. The summed E-state index contributed by atoms with van der Waals surface area (Å²) in [6.07, 6.45) is 16.3. The van der Waals surface area contributed by atoms with Crippen LogP contribution in [-0.4, -0.2) is 59.3 Å². The SMILES string of the molecule is CC(=O)c1nn2c3c(cc(-c4cnc(C)nc4)cc13)CCCCCCCCCC[C@@]13C[C@@H](C(=O)Nc4nc(Br)ccc4C)N(C(=O)C2)[C@@H]1C3. The quantitative estimate of drug-likeness (QED) is 0.170. The van der Waals surface area contributed by atoms with E-state index in [0.717, 1.165) is 71.7 Å². The lowest BCUT2D eigenvalue weighted by molar-refractivity contribution is -0.138. The van der Waals surface area contributed by atoms with Crippen molar-refractivity contribution >= 4 is 50.2 Å². The molecule has 3 atom stereocenters. The van der Waals surface area contributed by atoms with Crippen LogP contribution in [0.4, 0.5) is 5.82 Å². The molecule has 11 heteroatoms. The Bertz CT molecular complexity index is 1920. The molecule has 1 aliphatic carbocycles. The zero-order valence-corrected chi connectivity index (χ0v) is 30.2. The molecule has 1 saturated heterocycles. The van der Waals surface area contributed by atoms with Gasteiger partial charge in [-0.25, -0.2) is 15.0 Å². The van der Waals surface area contributed by atoms with Crippen LogP contribution in [0.25, 0.3) is 22.0 Å². The molecule has 2 amide bonds. The van der Waals surface area contributed by atoms with E-state index in [1.54, 1.807) is 4.68 Å². The number of benzene rings is 1. The highest BCUT2D eigenvalue weighted by Gasteiger charge is 2.66. The smallest absolute Gasteiger partial charge is 0.248 e. The fourth-order valence-corrected chi connectivity index (χ4v) is 8.46. The summed E-state index contributed by atoms with van der Waals surface area (Å²) < 4.78 is 2.36. The lowest BCUT2D eigenvalue weighted by atomic mass is 9.92. The van der Waals surface area contributed by atoms with Crippen LogP contribution in [0.1, 0.15) is 105 Å². The summed E-state index contributed by atoms with van der Waals surface area (Å²) in [5.41, 5.74) is 4.82.